The molecule has 0 saturated carbocycles. The third-order valence-electron chi connectivity index (χ3n) is 2.03. The summed E-state index contributed by atoms with van der Waals surface area (Å²) < 4.78 is 28.6. The highest BCUT2D eigenvalue weighted by Crippen LogP contribution is 2.36. The first-order valence-electron chi connectivity index (χ1n) is 5.00. The second-order valence-electron chi connectivity index (χ2n) is 3.50. The number of benzene rings is 1. The maximum Gasteiger partial charge on any atom is 0.303 e. The van der Waals surface area contributed by atoms with Gasteiger partial charge in [-0.25, -0.2) is 8.42 Å². The van der Waals surface area contributed by atoms with E-state index in [2.05, 4.69) is 31.9 Å². The Kier molecular flexibility index (Phi) is 6.10. The zero-order chi connectivity index (χ0) is 14.6. The molecular weight excluding hydrogens is 427 g/mol. The largest absolute Gasteiger partial charge is 0.491 e. The number of carbonyl (C=O) groups is 1. The molecule has 0 atom stereocenters. The van der Waals surface area contributed by atoms with Crippen molar-refractivity contribution < 1.29 is 23.1 Å². The molecule has 0 aliphatic carbocycles. The average molecular weight is 437 g/mol. The van der Waals surface area contributed by atoms with E-state index in [1.807, 2.05) is 0 Å². The second-order valence-corrected chi connectivity index (χ2v) is 7.77. The first-order valence-corrected chi connectivity index (χ1v) is 8.89. The van der Waals surface area contributed by atoms with E-state index >= 15 is 0 Å². The number of halogens is 3. The van der Waals surface area contributed by atoms with Crippen LogP contribution in [0.2, 0.25) is 0 Å². The van der Waals surface area contributed by atoms with Gasteiger partial charge in [-0.05, 0) is 50.4 Å². The van der Waals surface area contributed by atoms with Gasteiger partial charge < -0.3 is 9.84 Å². The van der Waals surface area contributed by atoms with E-state index in [4.69, 9.17) is 20.5 Å². The third kappa shape index (κ3) is 5.29. The van der Waals surface area contributed by atoms with E-state index in [1.165, 1.54) is 12.1 Å². The van der Waals surface area contributed by atoms with E-state index < -0.39 is 15.0 Å². The molecule has 0 bridgehead atoms. The fourth-order valence-corrected chi connectivity index (χ4v) is 3.72. The number of aliphatic carboxylic acids is 1. The topological polar surface area (TPSA) is 80.7 Å². The summed E-state index contributed by atoms with van der Waals surface area (Å²) in [5.41, 5.74) is 0. The van der Waals surface area contributed by atoms with Crippen LogP contribution < -0.4 is 4.74 Å². The molecule has 0 aromatic heterocycles. The molecule has 0 spiro atoms. The summed E-state index contributed by atoms with van der Waals surface area (Å²) in [4.78, 5) is 10.3. The van der Waals surface area contributed by atoms with Crippen LogP contribution in [0.4, 0.5) is 0 Å². The van der Waals surface area contributed by atoms with Gasteiger partial charge >= 0.3 is 5.97 Å². The van der Waals surface area contributed by atoms with Crippen molar-refractivity contribution in [2.24, 2.45) is 0 Å². The SMILES string of the molecule is O=C(O)CCCOc1c(Br)cc(S(=O)(=O)Cl)cc1Br. The molecule has 1 aromatic carbocycles. The lowest BCUT2D eigenvalue weighted by molar-refractivity contribution is -0.137. The number of carboxylic acid groups (broad SMARTS) is 1. The van der Waals surface area contributed by atoms with Crippen molar-refractivity contribution in [1.82, 2.24) is 0 Å². The number of ether oxygens (including phenoxy) is 1. The molecule has 19 heavy (non-hydrogen) atoms. The molecule has 1 N–H and O–H groups in total. The fourth-order valence-electron chi connectivity index (χ4n) is 1.21. The van der Waals surface area contributed by atoms with Gasteiger partial charge in [-0.1, -0.05) is 0 Å². The molecule has 106 valence electrons. The minimum atomic E-state index is -3.82. The molecule has 9 heteroatoms. The van der Waals surface area contributed by atoms with E-state index in [0.717, 1.165) is 0 Å². The molecule has 0 aliphatic heterocycles. The molecule has 0 amide bonds. The van der Waals surface area contributed by atoms with Crippen LogP contribution in [0.3, 0.4) is 0 Å². The standard InChI is InChI=1S/C10H9Br2ClO5S/c11-7-4-6(19(13,16)17)5-8(12)10(7)18-3-1-2-9(14)15/h4-5H,1-3H2,(H,14,15). The van der Waals surface area contributed by atoms with Crippen molar-refractivity contribution in [3.8, 4) is 5.75 Å². The van der Waals surface area contributed by atoms with E-state index in [-0.39, 0.29) is 17.9 Å². The lowest BCUT2D eigenvalue weighted by Gasteiger charge is -2.11. The average Bonchev–Trinajstić information content (AvgIpc) is 2.25. The number of hydrogen-bond donors (Lipinski definition) is 1. The monoisotopic (exact) mass is 434 g/mol. The number of hydrogen-bond acceptors (Lipinski definition) is 4. The van der Waals surface area contributed by atoms with Crippen LogP contribution in [0.1, 0.15) is 12.8 Å². The van der Waals surface area contributed by atoms with Crippen LogP contribution in [0.5, 0.6) is 5.75 Å². The van der Waals surface area contributed by atoms with Crippen LogP contribution in [0.25, 0.3) is 0 Å². The fraction of sp³-hybridized carbons (Fsp3) is 0.300. The molecule has 0 aliphatic rings. The summed E-state index contributed by atoms with van der Waals surface area (Å²) in [6.45, 7) is 0.205. The van der Waals surface area contributed by atoms with E-state index in [0.29, 0.717) is 21.1 Å². The Balaban J connectivity index is 2.83. The van der Waals surface area contributed by atoms with Gasteiger partial charge in [-0.15, -0.1) is 0 Å². The Morgan fingerprint density at radius 3 is 2.26 bits per heavy atom. The Bertz CT molecular complexity index is 565. The highest BCUT2D eigenvalue weighted by molar-refractivity contribution is 9.11. The Morgan fingerprint density at radius 2 is 1.84 bits per heavy atom. The molecule has 0 saturated heterocycles. The van der Waals surface area contributed by atoms with Crippen LogP contribution in [0, 0.1) is 0 Å². The lowest BCUT2D eigenvalue weighted by Crippen LogP contribution is -2.03. The van der Waals surface area contributed by atoms with Crippen molar-refractivity contribution >= 4 is 57.6 Å². The Morgan fingerprint density at radius 1 is 1.32 bits per heavy atom. The van der Waals surface area contributed by atoms with E-state index in [1.54, 1.807) is 0 Å². The van der Waals surface area contributed by atoms with Gasteiger partial charge in [0.1, 0.15) is 5.75 Å². The maximum atomic E-state index is 11.2. The van der Waals surface area contributed by atoms with Crippen molar-refractivity contribution in [2.45, 2.75) is 17.7 Å². The second kappa shape index (κ2) is 6.92. The van der Waals surface area contributed by atoms with E-state index in [9.17, 15) is 13.2 Å². The first-order chi connectivity index (χ1) is 8.71. The summed E-state index contributed by atoms with van der Waals surface area (Å²) >= 11 is 6.35. The van der Waals surface area contributed by atoms with Gasteiger partial charge in [0.25, 0.3) is 9.05 Å². The number of rotatable bonds is 6. The van der Waals surface area contributed by atoms with Gasteiger partial charge in [-0.2, -0.15) is 0 Å². The highest BCUT2D eigenvalue weighted by Gasteiger charge is 2.16. The summed E-state index contributed by atoms with van der Waals surface area (Å²) in [6, 6.07) is 2.64. The van der Waals surface area contributed by atoms with Crippen molar-refractivity contribution in [2.75, 3.05) is 6.61 Å². The van der Waals surface area contributed by atoms with Gasteiger partial charge in [0, 0.05) is 17.1 Å². The number of carboxylic acids is 1. The van der Waals surface area contributed by atoms with Crippen LogP contribution in [-0.2, 0) is 13.8 Å². The maximum absolute atomic E-state index is 11.2. The molecular formula is C10H9Br2ClO5S. The Labute approximate surface area is 131 Å². The molecule has 0 radical (unpaired) electrons. The summed E-state index contributed by atoms with van der Waals surface area (Å²) in [5.74, 6) is -0.500. The molecule has 0 fully saturated rings. The molecule has 0 unspecified atom stereocenters. The van der Waals surface area contributed by atoms with Gasteiger partial charge in [0.15, 0.2) is 0 Å². The minimum Gasteiger partial charge on any atom is -0.491 e. The van der Waals surface area contributed by atoms with Gasteiger partial charge in [0.05, 0.1) is 20.4 Å². The summed E-state index contributed by atoms with van der Waals surface area (Å²) in [5, 5.41) is 8.49. The van der Waals surface area contributed by atoms with Crippen molar-refractivity contribution in [3.05, 3.63) is 21.1 Å². The predicted octanol–water partition coefficient (Wildman–Crippen LogP) is 3.38. The molecule has 5 nitrogen and oxygen atoms in total. The molecule has 1 rings (SSSR count). The summed E-state index contributed by atoms with van der Waals surface area (Å²) in [6.07, 6.45) is 0.354. The van der Waals surface area contributed by atoms with Crippen molar-refractivity contribution in [1.29, 1.82) is 0 Å². The first kappa shape index (κ1) is 16.7. The lowest BCUT2D eigenvalue weighted by atomic mass is 10.3. The van der Waals surface area contributed by atoms with Crippen LogP contribution in [0.15, 0.2) is 26.0 Å². The van der Waals surface area contributed by atoms with Crippen LogP contribution >= 0.6 is 42.5 Å². The smallest absolute Gasteiger partial charge is 0.303 e. The zero-order valence-corrected chi connectivity index (χ0v) is 14.1. The van der Waals surface area contributed by atoms with Gasteiger partial charge in [-0.3, -0.25) is 4.79 Å². The molecule has 0 heterocycles. The third-order valence-corrected chi connectivity index (χ3v) is 4.55. The normalized spacial score (nSPS) is 11.3. The quantitative estimate of drug-likeness (QED) is 0.546. The van der Waals surface area contributed by atoms with Crippen molar-refractivity contribution in [3.63, 3.8) is 0 Å². The Hall–Kier alpha value is -0.310. The molecule has 1 aromatic rings. The minimum absolute atomic E-state index is 0.00335. The zero-order valence-electron chi connectivity index (χ0n) is 9.40. The summed E-state index contributed by atoms with van der Waals surface area (Å²) in [7, 11) is 1.42. The highest BCUT2D eigenvalue weighted by atomic mass is 79.9. The van der Waals surface area contributed by atoms with Gasteiger partial charge in [0.2, 0.25) is 0 Å². The predicted molar refractivity (Wildman–Crippen MR) is 77.2 cm³/mol. The van der Waals surface area contributed by atoms with Crippen LogP contribution in [-0.4, -0.2) is 26.1 Å².